The van der Waals surface area contributed by atoms with Gasteiger partial charge in [-0.05, 0) is 72.7 Å². The lowest BCUT2D eigenvalue weighted by Gasteiger charge is -2.39. The lowest BCUT2D eigenvalue weighted by atomic mass is 9.88. The second kappa shape index (κ2) is 5.69. The van der Waals surface area contributed by atoms with Crippen molar-refractivity contribution in [3.8, 4) is 0 Å². The predicted molar refractivity (Wildman–Crippen MR) is 87.4 cm³/mol. The highest BCUT2D eigenvalue weighted by molar-refractivity contribution is 9.10. The van der Waals surface area contributed by atoms with Gasteiger partial charge in [-0.1, -0.05) is 18.9 Å². The van der Waals surface area contributed by atoms with Crippen molar-refractivity contribution in [3.63, 3.8) is 0 Å². The molecule has 1 saturated carbocycles. The Morgan fingerprint density at radius 1 is 1.25 bits per heavy atom. The molecule has 2 fully saturated rings. The normalized spacial score (nSPS) is 25.1. The molecule has 1 saturated heterocycles. The molecular formula is C17H24BrNO. The molecule has 1 aliphatic heterocycles. The van der Waals surface area contributed by atoms with Gasteiger partial charge in [0.25, 0.3) is 0 Å². The maximum absolute atomic E-state index is 6.12. The molecule has 0 bridgehead atoms. The van der Waals surface area contributed by atoms with Gasteiger partial charge in [-0.3, -0.25) is 0 Å². The van der Waals surface area contributed by atoms with E-state index in [1.54, 1.807) is 0 Å². The Morgan fingerprint density at radius 3 is 2.70 bits per heavy atom. The average molecular weight is 338 g/mol. The van der Waals surface area contributed by atoms with Crippen LogP contribution in [-0.4, -0.2) is 18.2 Å². The fraction of sp³-hybridized carbons (Fsp3) is 0.647. The van der Waals surface area contributed by atoms with Gasteiger partial charge in [0.15, 0.2) is 0 Å². The van der Waals surface area contributed by atoms with E-state index >= 15 is 0 Å². The largest absolute Gasteiger partial charge is 0.381 e. The Kier molecular flexibility index (Phi) is 4.09. The molecule has 2 nitrogen and oxygen atoms in total. The van der Waals surface area contributed by atoms with Crippen molar-refractivity contribution < 1.29 is 4.74 Å². The van der Waals surface area contributed by atoms with Gasteiger partial charge in [-0.15, -0.1) is 0 Å². The van der Waals surface area contributed by atoms with E-state index in [0.717, 1.165) is 19.4 Å². The highest BCUT2D eigenvalue weighted by atomic mass is 79.9. The Hall–Kier alpha value is -0.540. The van der Waals surface area contributed by atoms with Crippen LogP contribution in [-0.2, 0) is 4.74 Å². The van der Waals surface area contributed by atoms with E-state index in [0.29, 0.717) is 6.04 Å². The number of rotatable bonds is 2. The molecule has 20 heavy (non-hydrogen) atoms. The molecule has 1 heterocycles. The molecule has 1 N–H and O–H groups in total. The lowest BCUT2D eigenvalue weighted by molar-refractivity contribution is -0.0767. The van der Waals surface area contributed by atoms with Gasteiger partial charge in [0, 0.05) is 17.1 Å². The molecule has 1 aromatic rings. The fourth-order valence-electron chi connectivity index (χ4n) is 3.82. The van der Waals surface area contributed by atoms with E-state index in [9.17, 15) is 0 Å². The van der Waals surface area contributed by atoms with Crippen molar-refractivity contribution in [2.45, 2.75) is 64.0 Å². The average Bonchev–Trinajstić information content (AvgIpc) is 2.82. The maximum Gasteiger partial charge on any atom is 0.0702 e. The van der Waals surface area contributed by atoms with Crippen molar-refractivity contribution in [1.82, 2.24) is 0 Å². The molecule has 3 rings (SSSR count). The second-order valence-corrected chi connectivity index (χ2v) is 7.37. The van der Waals surface area contributed by atoms with Crippen molar-refractivity contribution in [3.05, 3.63) is 27.7 Å². The van der Waals surface area contributed by atoms with Gasteiger partial charge in [0.1, 0.15) is 0 Å². The summed E-state index contributed by atoms with van der Waals surface area (Å²) in [6, 6.07) is 4.98. The van der Waals surface area contributed by atoms with Gasteiger partial charge in [0.2, 0.25) is 0 Å². The third-order valence-corrected chi connectivity index (χ3v) is 5.41. The van der Waals surface area contributed by atoms with Crippen molar-refractivity contribution >= 4 is 21.6 Å². The zero-order valence-corrected chi connectivity index (χ0v) is 14.1. The van der Waals surface area contributed by atoms with Crippen molar-refractivity contribution in [1.29, 1.82) is 0 Å². The molecule has 2 aliphatic rings. The van der Waals surface area contributed by atoms with Crippen molar-refractivity contribution in [2.24, 2.45) is 0 Å². The molecule has 1 aliphatic carbocycles. The van der Waals surface area contributed by atoms with Crippen molar-refractivity contribution in [2.75, 3.05) is 11.9 Å². The Morgan fingerprint density at radius 2 is 2.00 bits per heavy atom. The summed E-state index contributed by atoms with van der Waals surface area (Å²) in [5.41, 5.74) is 4.07. The molecule has 110 valence electrons. The molecule has 0 amide bonds. The van der Waals surface area contributed by atoms with Gasteiger partial charge < -0.3 is 10.1 Å². The Balaban J connectivity index is 1.74. The number of benzene rings is 1. The first-order chi connectivity index (χ1) is 9.58. The molecule has 1 unspecified atom stereocenters. The zero-order valence-electron chi connectivity index (χ0n) is 12.5. The summed E-state index contributed by atoms with van der Waals surface area (Å²) in [6.45, 7) is 5.23. The van der Waals surface area contributed by atoms with Crippen LogP contribution in [0.2, 0.25) is 0 Å². The summed E-state index contributed by atoms with van der Waals surface area (Å²) in [5.74, 6) is 0. The molecule has 0 aromatic heterocycles. The highest BCUT2D eigenvalue weighted by Crippen LogP contribution is 2.41. The molecule has 0 radical (unpaired) electrons. The van der Waals surface area contributed by atoms with Crippen LogP contribution in [0.15, 0.2) is 16.6 Å². The smallest absolute Gasteiger partial charge is 0.0702 e. The third kappa shape index (κ3) is 2.89. The van der Waals surface area contributed by atoms with Crippen LogP contribution in [0, 0.1) is 13.8 Å². The van der Waals surface area contributed by atoms with Crippen LogP contribution in [0.4, 0.5) is 5.69 Å². The minimum atomic E-state index is 0.182. The topological polar surface area (TPSA) is 21.3 Å². The van der Waals surface area contributed by atoms with Gasteiger partial charge in [0.05, 0.1) is 11.3 Å². The molecule has 1 aromatic carbocycles. The van der Waals surface area contributed by atoms with Gasteiger partial charge in [-0.25, -0.2) is 0 Å². The van der Waals surface area contributed by atoms with Crippen LogP contribution >= 0.6 is 15.9 Å². The number of hydrogen-bond donors (Lipinski definition) is 1. The number of hydrogen-bond acceptors (Lipinski definition) is 2. The fourth-order valence-corrected chi connectivity index (χ4v) is 4.61. The summed E-state index contributed by atoms with van der Waals surface area (Å²) in [4.78, 5) is 0. The van der Waals surface area contributed by atoms with E-state index in [1.165, 1.54) is 47.0 Å². The summed E-state index contributed by atoms with van der Waals surface area (Å²) in [6.07, 6.45) is 7.44. The number of aryl methyl sites for hydroxylation is 2. The van der Waals surface area contributed by atoms with E-state index in [1.807, 2.05) is 0 Å². The summed E-state index contributed by atoms with van der Waals surface area (Å²) in [7, 11) is 0. The first-order valence-electron chi connectivity index (χ1n) is 7.75. The van der Waals surface area contributed by atoms with Crippen LogP contribution in [0.25, 0.3) is 0 Å². The summed E-state index contributed by atoms with van der Waals surface area (Å²) < 4.78 is 7.30. The van der Waals surface area contributed by atoms with Crippen LogP contribution in [0.3, 0.4) is 0 Å². The summed E-state index contributed by atoms with van der Waals surface area (Å²) >= 11 is 3.71. The van der Waals surface area contributed by atoms with Crippen LogP contribution in [0.5, 0.6) is 0 Å². The standard InChI is InChI=1S/C17H24BrNO/c1-12-9-13(2)16(15(18)10-12)19-14-5-8-20-17(11-14)6-3-4-7-17/h9-10,14,19H,3-8,11H2,1-2H3. The molecule has 3 heteroatoms. The monoisotopic (exact) mass is 337 g/mol. The number of nitrogens with one attached hydrogen (secondary N) is 1. The van der Waals surface area contributed by atoms with Gasteiger partial charge >= 0.3 is 0 Å². The maximum atomic E-state index is 6.12. The molecule has 1 spiro atoms. The van der Waals surface area contributed by atoms with E-state index in [2.05, 4.69) is 47.2 Å². The summed E-state index contributed by atoms with van der Waals surface area (Å²) in [5, 5.41) is 3.77. The van der Waals surface area contributed by atoms with E-state index in [4.69, 9.17) is 4.74 Å². The molecular weight excluding hydrogens is 314 g/mol. The quantitative estimate of drug-likeness (QED) is 0.822. The number of anilines is 1. The third-order valence-electron chi connectivity index (χ3n) is 4.79. The first-order valence-corrected chi connectivity index (χ1v) is 8.55. The molecule has 1 atom stereocenters. The first kappa shape index (κ1) is 14.4. The minimum Gasteiger partial charge on any atom is -0.381 e. The zero-order chi connectivity index (χ0) is 14.2. The highest BCUT2D eigenvalue weighted by Gasteiger charge is 2.39. The van der Waals surface area contributed by atoms with Gasteiger partial charge in [-0.2, -0.15) is 0 Å². The van der Waals surface area contributed by atoms with Crippen LogP contribution < -0.4 is 5.32 Å². The lowest BCUT2D eigenvalue weighted by Crippen LogP contribution is -2.42. The SMILES string of the molecule is Cc1cc(C)c(NC2CCOC3(CCCC3)C2)c(Br)c1. The second-order valence-electron chi connectivity index (χ2n) is 6.51. The van der Waals surface area contributed by atoms with Crippen LogP contribution in [0.1, 0.15) is 49.7 Å². The Bertz CT molecular complexity index is 471. The minimum absolute atomic E-state index is 0.182. The number of halogens is 1. The predicted octanol–water partition coefficient (Wildman–Crippen LogP) is 4.97. The number of ether oxygens (including phenoxy) is 1. The van der Waals surface area contributed by atoms with E-state index < -0.39 is 0 Å². The Labute approximate surface area is 130 Å². The van der Waals surface area contributed by atoms with E-state index in [-0.39, 0.29) is 5.60 Å².